The van der Waals surface area contributed by atoms with Crippen LogP contribution in [0.3, 0.4) is 0 Å². The Morgan fingerprint density at radius 3 is 2.52 bits per heavy atom. The first-order valence-corrected chi connectivity index (χ1v) is 8.12. The minimum Gasteiger partial charge on any atom is -0.351 e. The van der Waals surface area contributed by atoms with Gasteiger partial charge in [0.1, 0.15) is 5.15 Å². The minimum atomic E-state index is -0.248. The number of aromatic nitrogens is 2. The van der Waals surface area contributed by atoms with E-state index in [2.05, 4.69) is 34.0 Å². The number of hydrogen-bond donors (Lipinski definition) is 1. The van der Waals surface area contributed by atoms with Crippen LogP contribution in [0.25, 0.3) is 11.4 Å². The van der Waals surface area contributed by atoms with E-state index in [9.17, 15) is 4.79 Å². The number of benzene rings is 1. The van der Waals surface area contributed by atoms with Gasteiger partial charge in [0.2, 0.25) is 0 Å². The van der Waals surface area contributed by atoms with Crippen molar-refractivity contribution in [3.8, 4) is 11.4 Å². The van der Waals surface area contributed by atoms with E-state index >= 15 is 0 Å². The topological polar surface area (TPSA) is 58.1 Å². The zero-order chi connectivity index (χ0) is 16.7. The van der Waals surface area contributed by atoms with Gasteiger partial charge in [0.15, 0.2) is 5.82 Å². The van der Waals surface area contributed by atoms with E-state index in [0.29, 0.717) is 17.9 Å². The van der Waals surface area contributed by atoms with E-state index in [-0.39, 0.29) is 11.1 Å². The van der Waals surface area contributed by atoms with Crippen molar-refractivity contribution in [3.63, 3.8) is 0 Å². The molecule has 0 unspecified atom stereocenters. The van der Waals surface area contributed by atoms with Crippen molar-refractivity contribution in [2.24, 2.45) is 0 Å². The van der Waals surface area contributed by atoms with Crippen LogP contribution in [0, 0.1) is 0 Å². The number of carbonyl (C=O) groups excluding carboxylic acids is 1. The van der Waals surface area contributed by atoms with Gasteiger partial charge in [-0.15, -0.1) is 0 Å². The van der Waals surface area contributed by atoms with E-state index in [1.807, 2.05) is 30.3 Å². The molecule has 0 aliphatic carbocycles. The maximum Gasteiger partial charge on any atom is 0.256 e. The summed E-state index contributed by atoms with van der Waals surface area (Å²) in [7, 11) is 0. The Balaban J connectivity index is 2.01. The van der Waals surface area contributed by atoms with Crippen LogP contribution in [0.1, 0.15) is 24.2 Å². The number of nitrogens with zero attached hydrogens (tertiary/aromatic N) is 3. The highest BCUT2D eigenvalue weighted by atomic mass is 35.5. The number of nitrogens with one attached hydrogen (secondary N) is 1. The highest BCUT2D eigenvalue weighted by molar-refractivity contribution is 6.32. The summed E-state index contributed by atoms with van der Waals surface area (Å²) in [5.74, 6) is 0.261. The zero-order valence-electron chi connectivity index (χ0n) is 13.4. The Labute approximate surface area is 141 Å². The highest BCUT2D eigenvalue weighted by Crippen LogP contribution is 2.18. The molecule has 0 atom stereocenters. The first-order valence-electron chi connectivity index (χ1n) is 7.74. The second-order valence-corrected chi connectivity index (χ2v) is 5.40. The van der Waals surface area contributed by atoms with Crippen LogP contribution in [-0.4, -0.2) is 47.0 Å². The molecule has 6 heteroatoms. The van der Waals surface area contributed by atoms with Crippen LogP contribution in [0.5, 0.6) is 0 Å². The Morgan fingerprint density at radius 2 is 1.91 bits per heavy atom. The number of rotatable bonds is 7. The fraction of sp³-hybridized carbons (Fsp3) is 0.353. The molecule has 23 heavy (non-hydrogen) atoms. The fourth-order valence-corrected chi connectivity index (χ4v) is 2.42. The molecule has 1 aromatic carbocycles. The molecule has 5 nitrogen and oxygen atoms in total. The zero-order valence-corrected chi connectivity index (χ0v) is 14.2. The van der Waals surface area contributed by atoms with Crippen LogP contribution >= 0.6 is 11.6 Å². The summed E-state index contributed by atoms with van der Waals surface area (Å²) in [5.41, 5.74) is 1.16. The van der Waals surface area contributed by atoms with Crippen molar-refractivity contribution in [2.45, 2.75) is 13.8 Å². The number of hydrogen-bond acceptors (Lipinski definition) is 4. The molecule has 0 saturated heterocycles. The fourth-order valence-electron chi connectivity index (χ4n) is 2.20. The maximum absolute atomic E-state index is 12.2. The van der Waals surface area contributed by atoms with Gasteiger partial charge in [-0.05, 0) is 13.1 Å². The van der Waals surface area contributed by atoms with Crippen LogP contribution in [-0.2, 0) is 0 Å². The molecular weight excluding hydrogens is 312 g/mol. The van der Waals surface area contributed by atoms with Gasteiger partial charge in [-0.1, -0.05) is 55.8 Å². The molecule has 0 radical (unpaired) electrons. The van der Waals surface area contributed by atoms with Crippen LogP contribution in [0.4, 0.5) is 0 Å². The largest absolute Gasteiger partial charge is 0.351 e. The molecule has 2 aromatic rings. The van der Waals surface area contributed by atoms with E-state index in [1.165, 1.54) is 6.20 Å². The van der Waals surface area contributed by atoms with E-state index in [1.54, 1.807) is 0 Å². The Bertz CT molecular complexity index is 644. The van der Waals surface area contributed by atoms with Gasteiger partial charge in [-0.2, -0.15) is 0 Å². The van der Waals surface area contributed by atoms with Crippen LogP contribution in [0.15, 0.2) is 36.5 Å². The number of likely N-dealkylation sites (N-methyl/N-ethyl adjacent to an activating group) is 1. The molecule has 122 valence electrons. The summed E-state index contributed by atoms with van der Waals surface area (Å²) in [6.07, 6.45) is 1.48. The molecule has 0 aliphatic rings. The summed E-state index contributed by atoms with van der Waals surface area (Å²) in [6.45, 7) is 7.48. The maximum atomic E-state index is 12.2. The van der Waals surface area contributed by atoms with E-state index in [4.69, 9.17) is 11.6 Å². The number of halogens is 1. The highest BCUT2D eigenvalue weighted by Gasteiger charge is 2.14. The molecule has 0 saturated carbocycles. The predicted molar refractivity (Wildman–Crippen MR) is 92.6 cm³/mol. The Kier molecular flexibility index (Phi) is 6.50. The smallest absolute Gasteiger partial charge is 0.256 e. The van der Waals surface area contributed by atoms with Gasteiger partial charge < -0.3 is 10.2 Å². The molecule has 1 heterocycles. The monoisotopic (exact) mass is 332 g/mol. The molecule has 0 bridgehead atoms. The molecule has 1 amide bonds. The predicted octanol–water partition coefficient (Wildman–Crippen LogP) is 2.87. The van der Waals surface area contributed by atoms with Gasteiger partial charge in [-0.3, -0.25) is 4.79 Å². The molecule has 1 aromatic heterocycles. The lowest BCUT2D eigenvalue weighted by atomic mass is 10.2. The summed E-state index contributed by atoms with van der Waals surface area (Å²) in [5, 5.41) is 3.02. The molecule has 0 spiro atoms. The van der Waals surface area contributed by atoms with Crippen molar-refractivity contribution in [3.05, 3.63) is 47.2 Å². The van der Waals surface area contributed by atoms with Crippen molar-refractivity contribution >= 4 is 17.5 Å². The number of amides is 1. The quantitative estimate of drug-likeness (QED) is 0.792. The Hall–Kier alpha value is -1.98. The van der Waals surface area contributed by atoms with Crippen molar-refractivity contribution in [2.75, 3.05) is 26.2 Å². The third kappa shape index (κ3) is 4.74. The molecule has 2 rings (SSSR count). The van der Waals surface area contributed by atoms with Gasteiger partial charge in [0.05, 0.1) is 5.56 Å². The molecule has 1 N–H and O–H groups in total. The second-order valence-electron chi connectivity index (χ2n) is 5.05. The molecular formula is C17H21ClN4O. The van der Waals surface area contributed by atoms with E-state index in [0.717, 1.165) is 25.2 Å². The standard InChI is InChI=1S/C17H21ClN4O/c1-3-22(4-2)11-10-19-17(23)14-12-20-16(21-15(14)18)13-8-6-5-7-9-13/h5-9,12H,3-4,10-11H2,1-2H3,(H,19,23). The average molecular weight is 333 g/mol. The first-order chi connectivity index (χ1) is 11.2. The lowest BCUT2D eigenvalue weighted by Gasteiger charge is -2.18. The summed E-state index contributed by atoms with van der Waals surface area (Å²) in [4.78, 5) is 22.9. The lowest BCUT2D eigenvalue weighted by molar-refractivity contribution is 0.0948. The summed E-state index contributed by atoms with van der Waals surface area (Å²) >= 11 is 6.15. The van der Waals surface area contributed by atoms with Crippen LogP contribution in [0.2, 0.25) is 5.15 Å². The third-order valence-electron chi connectivity index (χ3n) is 3.63. The van der Waals surface area contributed by atoms with Gasteiger partial charge >= 0.3 is 0 Å². The third-order valence-corrected chi connectivity index (χ3v) is 3.91. The Morgan fingerprint density at radius 1 is 1.22 bits per heavy atom. The molecule has 0 aliphatic heterocycles. The average Bonchev–Trinajstić information content (AvgIpc) is 2.59. The SMILES string of the molecule is CCN(CC)CCNC(=O)c1cnc(-c2ccccc2)nc1Cl. The van der Waals surface area contributed by atoms with E-state index < -0.39 is 0 Å². The normalized spacial score (nSPS) is 10.8. The van der Waals surface area contributed by atoms with Gasteiger partial charge in [-0.25, -0.2) is 9.97 Å². The van der Waals surface area contributed by atoms with Gasteiger partial charge in [0, 0.05) is 24.8 Å². The van der Waals surface area contributed by atoms with Crippen LogP contribution < -0.4 is 5.32 Å². The van der Waals surface area contributed by atoms with Gasteiger partial charge in [0.25, 0.3) is 5.91 Å². The number of carbonyl (C=O) groups is 1. The summed E-state index contributed by atoms with van der Waals surface area (Å²) in [6, 6.07) is 9.52. The van der Waals surface area contributed by atoms with Crippen molar-refractivity contribution in [1.82, 2.24) is 20.2 Å². The van der Waals surface area contributed by atoms with Crippen molar-refractivity contribution < 1.29 is 4.79 Å². The molecule has 0 fully saturated rings. The lowest BCUT2D eigenvalue weighted by Crippen LogP contribution is -2.35. The second kappa shape index (κ2) is 8.60. The summed E-state index contributed by atoms with van der Waals surface area (Å²) < 4.78 is 0. The van der Waals surface area contributed by atoms with Crippen molar-refractivity contribution in [1.29, 1.82) is 0 Å². The minimum absolute atomic E-state index is 0.166. The first kappa shape index (κ1) is 17.4.